The number of nitrogens with zero attached hydrogens (tertiary/aromatic N) is 3. The lowest BCUT2D eigenvalue weighted by atomic mass is 10.3. The first kappa shape index (κ1) is 18.5. The van der Waals surface area contributed by atoms with Crippen molar-refractivity contribution in [3.05, 3.63) is 28.7 Å². The molecule has 2 heterocycles. The van der Waals surface area contributed by atoms with Crippen LogP contribution in [0.1, 0.15) is 6.42 Å². The maximum Gasteiger partial charge on any atom is 0.324 e. The van der Waals surface area contributed by atoms with Crippen LogP contribution in [0, 0.1) is 0 Å². The third-order valence-corrected chi connectivity index (χ3v) is 5.04. The van der Waals surface area contributed by atoms with Crippen LogP contribution >= 0.6 is 15.9 Å². The van der Waals surface area contributed by atoms with Crippen LogP contribution in [0.5, 0.6) is 0 Å². The van der Waals surface area contributed by atoms with Gasteiger partial charge in [-0.2, -0.15) is 0 Å². The van der Waals surface area contributed by atoms with Gasteiger partial charge < -0.3 is 20.9 Å². The molecular weight excluding hydrogens is 400 g/mol. The smallest absolute Gasteiger partial charge is 0.324 e. The largest absolute Gasteiger partial charge is 0.369 e. The topological polar surface area (TPSA) is 89.1 Å². The quantitative estimate of drug-likeness (QED) is 0.370. The number of carbonyl (C=O) groups excluding carboxylic acids is 2. The van der Waals surface area contributed by atoms with Crippen molar-refractivity contribution in [2.24, 2.45) is 4.99 Å². The number of urea groups is 1. The molecule has 1 unspecified atom stereocenters. The number of anilines is 1. The van der Waals surface area contributed by atoms with Crippen molar-refractivity contribution in [1.29, 1.82) is 0 Å². The summed E-state index contributed by atoms with van der Waals surface area (Å²) in [4.78, 5) is 30.9. The number of guanidine groups is 1. The number of nitrogens with one attached hydrogen (secondary N) is 3. The molecule has 0 aromatic heterocycles. The van der Waals surface area contributed by atoms with E-state index in [1.54, 1.807) is 7.05 Å². The molecule has 1 aromatic rings. The summed E-state index contributed by atoms with van der Waals surface area (Å²) >= 11 is 3.46. The zero-order chi connectivity index (χ0) is 18.5. The molecule has 2 saturated heterocycles. The normalized spacial score (nSPS) is 20.5. The molecule has 3 N–H and O–H groups in total. The minimum Gasteiger partial charge on any atom is -0.369 e. The van der Waals surface area contributed by atoms with Crippen LogP contribution in [0.15, 0.2) is 33.7 Å². The summed E-state index contributed by atoms with van der Waals surface area (Å²) in [5.74, 6) is 0.486. The van der Waals surface area contributed by atoms with Crippen LogP contribution in [-0.4, -0.2) is 68.6 Å². The molecule has 2 fully saturated rings. The van der Waals surface area contributed by atoms with E-state index in [2.05, 4.69) is 53.9 Å². The molecule has 140 valence electrons. The Labute approximate surface area is 161 Å². The fraction of sp³-hybridized carbons (Fsp3) is 0.471. The van der Waals surface area contributed by atoms with Crippen molar-refractivity contribution in [3.63, 3.8) is 0 Å². The summed E-state index contributed by atoms with van der Waals surface area (Å²) in [6.45, 7) is 2.75. The second kappa shape index (κ2) is 8.39. The average molecular weight is 423 g/mol. The molecule has 1 atom stereocenters. The van der Waals surface area contributed by atoms with Gasteiger partial charge in [-0.05, 0) is 30.7 Å². The Morgan fingerprint density at radius 2 is 2.12 bits per heavy atom. The first-order valence-electron chi connectivity index (χ1n) is 8.62. The van der Waals surface area contributed by atoms with Gasteiger partial charge in [-0.25, -0.2) is 4.79 Å². The van der Waals surface area contributed by atoms with Gasteiger partial charge in [-0.15, -0.1) is 0 Å². The lowest BCUT2D eigenvalue weighted by Gasteiger charge is -2.21. The lowest BCUT2D eigenvalue weighted by molar-refractivity contribution is -0.124. The molecule has 3 rings (SSSR count). The van der Waals surface area contributed by atoms with Crippen molar-refractivity contribution in [2.75, 3.05) is 44.7 Å². The van der Waals surface area contributed by atoms with E-state index in [0.717, 1.165) is 24.0 Å². The van der Waals surface area contributed by atoms with E-state index in [1.807, 2.05) is 12.1 Å². The highest BCUT2D eigenvalue weighted by Crippen LogP contribution is 2.22. The standard InChI is InChI=1S/C17H23BrN6O2/c1-19-16(20-7-9-24-15(25)10-21-17(24)26)22-13-6-8-23(11-13)14-4-2-12(18)3-5-14/h2-5,13H,6-11H2,1H3,(H,21,26)(H2,19,20,22). The van der Waals surface area contributed by atoms with Gasteiger partial charge in [0.2, 0.25) is 5.91 Å². The second-order valence-electron chi connectivity index (χ2n) is 6.26. The highest BCUT2D eigenvalue weighted by molar-refractivity contribution is 9.10. The number of carbonyl (C=O) groups is 2. The molecule has 8 nitrogen and oxygen atoms in total. The first-order valence-corrected chi connectivity index (χ1v) is 9.42. The number of hydrogen-bond acceptors (Lipinski definition) is 4. The maximum atomic E-state index is 11.6. The van der Waals surface area contributed by atoms with E-state index < -0.39 is 0 Å². The minimum atomic E-state index is -0.333. The number of benzene rings is 1. The van der Waals surface area contributed by atoms with Crippen LogP contribution in [0.4, 0.5) is 10.5 Å². The maximum absolute atomic E-state index is 11.6. The fourth-order valence-corrected chi connectivity index (χ4v) is 3.38. The zero-order valence-electron chi connectivity index (χ0n) is 14.7. The van der Waals surface area contributed by atoms with Crippen LogP contribution in [-0.2, 0) is 4.79 Å². The summed E-state index contributed by atoms with van der Waals surface area (Å²) in [6, 6.07) is 8.27. The molecule has 2 aliphatic heterocycles. The Morgan fingerprint density at radius 3 is 2.77 bits per heavy atom. The molecule has 0 saturated carbocycles. The van der Waals surface area contributed by atoms with Crippen molar-refractivity contribution in [2.45, 2.75) is 12.5 Å². The summed E-state index contributed by atoms with van der Waals surface area (Å²) in [6.07, 6.45) is 1.02. The summed E-state index contributed by atoms with van der Waals surface area (Å²) in [5.41, 5.74) is 1.21. The second-order valence-corrected chi connectivity index (χ2v) is 7.17. The monoisotopic (exact) mass is 422 g/mol. The van der Waals surface area contributed by atoms with E-state index >= 15 is 0 Å². The Balaban J connectivity index is 1.44. The third kappa shape index (κ3) is 4.46. The SMILES string of the molecule is CN=C(NCCN1C(=O)CNC1=O)NC1CCN(c2ccc(Br)cc2)C1. The predicted octanol–water partition coefficient (Wildman–Crippen LogP) is 0.745. The van der Waals surface area contributed by atoms with Gasteiger partial charge in [0, 0.05) is 49.4 Å². The van der Waals surface area contributed by atoms with Crippen molar-refractivity contribution in [3.8, 4) is 0 Å². The molecule has 1 aromatic carbocycles. The number of rotatable bonds is 5. The number of imide groups is 1. The van der Waals surface area contributed by atoms with Crippen LogP contribution < -0.4 is 20.9 Å². The van der Waals surface area contributed by atoms with E-state index in [9.17, 15) is 9.59 Å². The van der Waals surface area contributed by atoms with Gasteiger partial charge in [-0.1, -0.05) is 15.9 Å². The minimum absolute atomic E-state index is 0.0831. The van der Waals surface area contributed by atoms with Gasteiger partial charge in [0.25, 0.3) is 0 Å². The van der Waals surface area contributed by atoms with Crippen LogP contribution in [0.25, 0.3) is 0 Å². The molecule has 2 aliphatic rings. The molecular formula is C17H23BrN6O2. The van der Waals surface area contributed by atoms with Gasteiger partial charge in [0.15, 0.2) is 5.96 Å². The van der Waals surface area contributed by atoms with Gasteiger partial charge in [-0.3, -0.25) is 14.7 Å². The number of hydrogen-bond donors (Lipinski definition) is 3. The predicted molar refractivity (Wildman–Crippen MR) is 104 cm³/mol. The molecule has 0 aliphatic carbocycles. The molecule has 26 heavy (non-hydrogen) atoms. The van der Waals surface area contributed by atoms with Gasteiger partial charge >= 0.3 is 6.03 Å². The van der Waals surface area contributed by atoms with E-state index in [1.165, 1.54) is 10.6 Å². The zero-order valence-corrected chi connectivity index (χ0v) is 16.3. The first-order chi connectivity index (χ1) is 12.6. The highest BCUT2D eigenvalue weighted by atomic mass is 79.9. The Bertz CT molecular complexity index is 677. The Morgan fingerprint density at radius 1 is 1.35 bits per heavy atom. The number of aliphatic imine (C=N–C) groups is 1. The summed E-state index contributed by atoms with van der Waals surface area (Å²) < 4.78 is 1.07. The third-order valence-electron chi connectivity index (χ3n) is 4.51. The van der Waals surface area contributed by atoms with Gasteiger partial charge in [0.1, 0.15) is 0 Å². The van der Waals surface area contributed by atoms with Gasteiger partial charge in [0.05, 0.1) is 6.54 Å². The van der Waals surface area contributed by atoms with Crippen molar-refractivity contribution in [1.82, 2.24) is 20.9 Å². The van der Waals surface area contributed by atoms with Crippen molar-refractivity contribution >= 4 is 39.5 Å². The highest BCUT2D eigenvalue weighted by Gasteiger charge is 2.28. The number of halogens is 1. The average Bonchev–Trinajstić information content (AvgIpc) is 3.23. The summed E-state index contributed by atoms with van der Waals surface area (Å²) in [7, 11) is 1.71. The number of amides is 3. The molecule has 0 radical (unpaired) electrons. The molecule has 9 heteroatoms. The Kier molecular flexibility index (Phi) is 5.97. The summed E-state index contributed by atoms with van der Waals surface area (Å²) in [5, 5.41) is 9.08. The van der Waals surface area contributed by atoms with E-state index in [0.29, 0.717) is 25.1 Å². The lowest BCUT2D eigenvalue weighted by Crippen LogP contribution is -2.47. The van der Waals surface area contributed by atoms with E-state index in [4.69, 9.17) is 0 Å². The molecule has 0 spiro atoms. The van der Waals surface area contributed by atoms with Crippen LogP contribution in [0.3, 0.4) is 0 Å². The molecule has 3 amide bonds. The Hall–Kier alpha value is -2.29. The molecule has 0 bridgehead atoms. The fourth-order valence-electron chi connectivity index (χ4n) is 3.12. The van der Waals surface area contributed by atoms with Crippen LogP contribution in [0.2, 0.25) is 0 Å². The van der Waals surface area contributed by atoms with Crippen molar-refractivity contribution < 1.29 is 9.59 Å². The van der Waals surface area contributed by atoms with E-state index in [-0.39, 0.29) is 18.5 Å².